The average Bonchev–Trinajstić information content (AvgIpc) is 2.83. The van der Waals surface area contributed by atoms with Crippen LogP contribution in [0.1, 0.15) is 5.56 Å². The lowest BCUT2D eigenvalue weighted by Gasteiger charge is -2.03. The summed E-state index contributed by atoms with van der Waals surface area (Å²) in [6, 6.07) is 11.6. The van der Waals surface area contributed by atoms with Gasteiger partial charge in [0, 0.05) is 18.8 Å². The molecule has 4 heteroatoms. The number of hydrogen-bond donors (Lipinski definition) is 0. The first-order valence-electron chi connectivity index (χ1n) is 6.13. The summed E-state index contributed by atoms with van der Waals surface area (Å²) >= 11 is 0. The molecule has 3 rings (SSSR count). The maximum Gasteiger partial charge on any atom is 0.156 e. The molecule has 0 aliphatic heterocycles. The second-order valence-corrected chi connectivity index (χ2v) is 4.44. The number of nitrogens with zero attached hydrogens (tertiary/aromatic N) is 3. The number of para-hydroxylation sites is 2. The molecule has 0 saturated heterocycles. The van der Waals surface area contributed by atoms with Gasteiger partial charge in [0.15, 0.2) is 5.78 Å². The lowest BCUT2D eigenvalue weighted by atomic mass is 10.1. The van der Waals surface area contributed by atoms with Gasteiger partial charge in [-0.25, -0.2) is 4.98 Å². The van der Waals surface area contributed by atoms with Gasteiger partial charge in [-0.05, 0) is 23.8 Å². The standard InChI is InChI=1S/C15H13N3O/c19-13(8-12-4-3-7-16-9-12)10-18-11-17-14-5-1-2-6-15(14)18/h1-7,9,11H,8,10H2. The highest BCUT2D eigenvalue weighted by Crippen LogP contribution is 2.12. The molecule has 0 N–H and O–H groups in total. The first-order chi connectivity index (χ1) is 9.33. The zero-order valence-corrected chi connectivity index (χ0v) is 10.4. The Kier molecular flexibility index (Phi) is 3.06. The number of carbonyl (C=O) groups is 1. The number of benzene rings is 1. The molecule has 0 atom stereocenters. The monoisotopic (exact) mass is 251 g/mol. The van der Waals surface area contributed by atoms with Crippen LogP contribution in [0.5, 0.6) is 0 Å². The van der Waals surface area contributed by atoms with Crippen molar-refractivity contribution in [3.8, 4) is 0 Å². The van der Waals surface area contributed by atoms with Gasteiger partial charge in [-0.1, -0.05) is 18.2 Å². The van der Waals surface area contributed by atoms with Gasteiger partial charge in [-0.3, -0.25) is 9.78 Å². The number of pyridine rings is 1. The van der Waals surface area contributed by atoms with Crippen LogP contribution in [-0.4, -0.2) is 20.3 Å². The van der Waals surface area contributed by atoms with Crippen molar-refractivity contribution < 1.29 is 4.79 Å². The third-order valence-electron chi connectivity index (χ3n) is 3.00. The number of fused-ring (bicyclic) bond motifs is 1. The van der Waals surface area contributed by atoms with Crippen LogP contribution in [0.2, 0.25) is 0 Å². The van der Waals surface area contributed by atoms with Gasteiger partial charge in [0.2, 0.25) is 0 Å². The number of carbonyl (C=O) groups excluding carboxylic acids is 1. The predicted molar refractivity (Wildman–Crippen MR) is 72.7 cm³/mol. The molecule has 0 amide bonds. The summed E-state index contributed by atoms with van der Waals surface area (Å²) < 4.78 is 1.88. The zero-order chi connectivity index (χ0) is 13.1. The average molecular weight is 251 g/mol. The van der Waals surface area contributed by atoms with E-state index in [2.05, 4.69) is 9.97 Å². The Morgan fingerprint density at radius 1 is 1.16 bits per heavy atom. The summed E-state index contributed by atoms with van der Waals surface area (Å²) in [4.78, 5) is 20.3. The minimum Gasteiger partial charge on any atom is -0.323 e. The molecular weight excluding hydrogens is 238 g/mol. The summed E-state index contributed by atoms with van der Waals surface area (Å²) in [7, 11) is 0. The lowest BCUT2D eigenvalue weighted by Crippen LogP contribution is -2.11. The van der Waals surface area contributed by atoms with Crippen molar-refractivity contribution >= 4 is 16.8 Å². The molecule has 94 valence electrons. The first-order valence-corrected chi connectivity index (χ1v) is 6.13. The van der Waals surface area contributed by atoms with Crippen molar-refractivity contribution in [3.05, 3.63) is 60.7 Å². The molecule has 1 aromatic carbocycles. The normalized spacial score (nSPS) is 10.7. The van der Waals surface area contributed by atoms with E-state index in [9.17, 15) is 4.79 Å². The zero-order valence-electron chi connectivity index (χ0n) is 10.4. The van der Waals surface area contributed by atoms with Crippen LogP contribution in [0.15, 0.2) is 55.1 Å². The fraction of sp³-hybridized carbons (Fsp3) is 0.133. The second-order valence-electron chi connectivity index (χ2n) is 4.44. The largest absolute Gasteiger partial charge is 0.323 e. The van der Waals surface area contributed by atoms with Crippen LogP contribution < -0.4 is 0 Å². The highest BCUT2D eigenvalue weighted by molar-refractivity contribution is 5.83. The number of hydrogen-bond acceptors (Lipinski definition) is 3. The van der Waals surface area contributed by atoms with Gasteiger partial charge < -0.3 is 4.57 Å². The van der Waals surface area contributed by atoms with E-state index in [1.54, 1.807) is 18.7 Å². The van der Waals surface area contributed by atoms with E-state index in [1.165, 1.54) is 0 Å². The molecule has 0 radical (unpaired) electrons. The molecule has 0 saturated carbocycles. The number of rotatable bonds is 4. The van der Waals surface area contributed by atoms with Gasteiger partial charge in [-0.2, -0.15) is 0 Å². The van der Waals surface area contributed by atoms with Gasteiger partial charge in [0.05, 0.1) is 23.9 Å². The van der Waals surface area contributed by atoms with Crippen molar-refractivity contribution in [2.24, 2.45) is 0 Å². The second kappa shape index (κ2) is 5.02. The predicted octanol–water partition coefficient (Wildman–Crippen LogP) is 2.24. The van der Waals surface area contributed by atoms with Gasteiger partial charge in [-0.15, -0.1) is 0 Å². The van der Waals surface area contributed by atoms with E-state index in [0.717, 1.165) is 16.6 Å². The van der Waals surface area contributed by atoms with Crippen molar-refractivity contribution in [2.75, 3.05) is 0 Å². The summed E-state index contributed by atoms with van der Waals surface area (Å²) in [5.74, 6) is 0.149. The van der Waals surface area contributed by atoms with Crippen LogP contribution >= 0.6 is 0 Å². The van der Waals surface area contributed by atoms with Crippen LogP contribution in [0, 0.1) is 0 Å². The van der Waals surface area contributed by atoms with E-state index in [-0.39, 0.29) is 5.78 Å². The Bertz CT molecular complexity index is 703. The third-order valence-corrected chi connectivity index (χ3v) is 3.00. The quantitative estimate of drug-likeness (QED) is 0.714. The van der Waals surface area contributed by atoms with E-state index in [4.69, 9.17) is 0 Å². The Morgan fingerprint density at radius 3 is 2.89 bits per heavy atom. The minimum absolute atomic E-state index is 0.149. The fourth-order valence-corrected chi connectivity index (χ4v) is 2.11. The number of imidazole rings is 1. The van der Waals surface area contributed by atoms with Crippen LogP contribution in [-0.2, 0) is 17.8 Å². The number of ketones is 1. The highest BCUT2D eigenvalue weighted by atomic mass is 16.1. The number of aromatic nitrogens is 3. The Morgan fingerprint density at radius 2 is 2.05 bits per heavy atom. The molecule has 0 aliphatic carbocycles. The van der Waals surface area contributed by atoms with E-state index in [1.807, 2.05) is 41.0 Å². The highest BCUT2D eigenvalue weighted by Gasteiger charge is 2.07. The van der Waals surface area contributed by atoms with Gasteiger partial charge in [0.1, 0.15) is 0 Å². The molecule has 0 spiro atoms. The molecule has 0 bridgehead atoms. The van der Waals surface area contributed by atoms with Crippen molar-refractivity contribution in [1.82, 2.24) is 14.5 Å². The molecule has 4 nitrogen and oxygen atoms in total. The number of Topliss-reactive ketones (excluding diaryl/α,β-unsaturated/α-hetero) is 1. The Hall–Kier alpha value is -2.49. The molecular formula is C15H13N3O. The lowest BCUT2D eigenvalue weighted by molar-refractivity contribution is -0.118. The Balaban J connectivity index is 1.76. The fourth-order valence-electron chi connectivity index (χ4n) is 2.11. The van der Waals surface area contributed by atoms with Crippen LogP contribution in [0.3, 0.4) is 0 Å². The summed E-state index contributed by atoms with van der Waals surface area (Å²) in [5, 5.41) is 0. The SMILES string of the molecule is O=C(Cc1cccnc1)Cn1cnc2ccccc21. The van der Waals surface area contributed by atoms with Crippen molar-refractivity contribution in [2.45, 2.75) is 13.0 Å². The maximum atomic E-state index is 12.0. The molecule has 19 heavy (non-hydrogen) atoms. The molecule has 2 aromatic heterocycles. The topological polar surface area (TPSA) is 47.8 Å². The van der Waals surface area contributed by atoms with Crippen molar-refractivity contribution in [1.29, 1.82) is 0 Å². The van der Waals surface area contributed by atoms with Crippen LogP contribution in [0.4, 0.5) is 0 Å². The van der Waals surface area contributed by atoms with Gasteiger partial charge >= 0.3 is 0 Å². The molecule has 0 fully saturated rings. The summed E-state index contributed by atoms with van der Waals surface area (Å²) in [5.41, 5.74) is 2.84. The molecule has 2 heterocycles. The summed E-state index contributed by atoms with van der Waals surface area (Å²) in [6.07, 6.45) is 5.55. The maximum absolute atomic E-state index is 12.0. The third kappa shape index (κ3) is 2.52. The molecule has 0 unspecified atom stereocenters. The van der Waals surface area contributed by atoms with E-state index < -0.39 is 0 Å². The molecule has 0 aliphatic rings. The first kappa shape index (κ1) is 11.6. The van der Waals surface area contributed by atoms with Crippen LogP contribution in [0.25, 0.3) is 11.0 Å². The van der Waals surface area contributed by atoms with E-state index in [0.29, 0.717) is 13.0 Å². The summed E-state index contributed by atoms with van der Waals surface area (Å²) in [6.45, 7) is 0.343. The molecule has 3 aromatic rings. The van der Waals surface area contributed by atoms with Gasteiger partial charge in [0.25, 0.3) is 0 Å². The Labute approximate surface area is 110 Å². The van der Waals surface area contributed by atoms with Crippen molar-refractivity contribution in [3.63, 3.8) is 0 Å². The minimum atomic E-state index is 0.149. The smallest absolute Gasteiger partial charge is 0.156 e. The van der Waals surface area contributed by atoms with E-state index >= 15 is 0 Å².